The van der Waals surface area contributed by atoms with Crippen LogP contribution in [0, 0.1) is 0 Å². The molecule has 0 bridgehead atoms. The van der Waals surface area contributed by atoms with E-state index in [1.807, 2.05) is 25.1 Å². The molecular weight excluding hydrogens is 308 g/mol. The number of carbonyl (C=O) groups is 1. The van der Waals surface area contributed by atoms with Gasteiger partial charge in [0, 0.05) is 19.4 Å². The molecule has 0 aromatic heterocycles. The van der Waals surface area contributed by atoms with Crippen LogP contribution in [0.5, 0.6) is 0 Å². The Bertz CT molecular complexity index is 432. The zero-order chi connectivity index (χ0) is 15.5. The summed E-state index contributed by atoms with van der Waals surface area (Å²) in [6.45, 7) is 4.42. The Balaban J connectivity index is 0.00000441. The number of halogens is 1. The molecule has 7 heteroatoms. The Morgan fingerprint density at radius 2 is 2.05 bits per heavy atom. The molecule has 0 aliphatic carbocycles. The van der Waals surface area contributed by atoms with E-state index >= 15 is 0 Å². The average molecular weight is 333 g/mol. The number of benzene rings is 1. The van der Waals surface area contributed by atoms with Crippen LogP contribution in [0.1, 0.15) is 12.5 Å². The van der Waals surface area contributed by atoms with Crippen LogP contribution in [0.3, 0.4) is 0 Å². The third-order valence-corrected chi connectivity index (χ3v) is 2.72. The number of nitrogens with one attached hydrogen (secondary N) is 1. The van der Waals surface area contributed by atoms with Crippen LogP contribution in [-0.4, -0.2) is 45.5 Å². The first-order valence-corrected chi connectivity index (χ1v) is 6.97. The molecule has 0 saturated heterocycles. The fourth-order valence-electron chi connectivity index (χ4n) is 1.68. The van der Waals surface area contributed by atoms with Crippen LogP contribution in [0.4, 0.5) is 5.69 Å². The molecule has 1 atom stereocenters. The van der Waals surface area contributed by atoms with Gasteiger partial charge in [0.05, 0.1) is 26.4 Å². The van der Waals surface area contributed by atoms with Gasteiger partial charge in [-0.25, -0.2) is 0 Å². The van der Waals surface area contributed by atoms with Crippen molar-refractivity contribution in [2.45, 2.75) is 19.6 Å². The SMILES string of the molecule is CCOCCOCc1cccc(NC(=O)C(N)COC)c1.Cl. The minimum Gasteiger partial charge on any atom is -0.383 e. The Labute approximate surface area is 137 Å². The van der Waals surface area contributed by atoms with Crippen molar-refractivity contribution in [1.82, 2.24) is 0 Å². The van der Waals surface area contributed by atoms with Crippen molar-refractivity contribution in [3.05, 3.63) is 29.8 Å². The van der Waals surface area contributed by atoms with Crippen molar-refractivity contribution in [1.29, 1.82) is 0 Å². The number of carbonyl (C=O) groups excluding carboxylic acids is 1. The molecule has 1 rings (SSSR count). The lowest BCUT2D eigenvalue weighted by molar-refractivity contribution is -0.118. The van der Waals surface area contributed by atoms with Crippen molar-refractivity contribution < 1.29 is 19.0 Å². The van der Waals surface area contributed by atoms with Gasteiger partial charge in [0.2, 0.25) is 5.91 Å². The maximum absolute atomic E-state index is 11.8. The number of amides is 1. The fourth-order valence-corrected chi connectivity index (χ4v) is 1.68. The Kier molecular flexibility index (Phi) is 11.7. The minimum atomic E-state index is -0.680. The molecule has 0 fully saturated rings. The van der Waals surface area contributed by atoms with Crippen molar-refractivity contribution in [3.63, 3.8) is 0 Å². The molecule has 3 N–H and O–H groups in total. The van der Waals surface area contributed by atoms with Crippen LogP contribution in [0.2, 0.25) is 0 Å². The molecule has 126 valence electrons. The number of nitrogens with two attached hydrogens (primary N) is 1. The summed E-state index contributed by atoms with van der Waals surface area (Å²) >= 11 is 0. The van der Waals surface area contributed by atoms with Crippen LogP contribution >= 0.6 is 12.4 Å². The van der Waals surface area contributed by atoms with Gasteiger partial charge in [0.1, 0.15) is 6.04 Å². The van der Waals surface area contributed by atoms with Gasteiger partial charge >= 0.3 is 0 Å². The summed E-state index contributed by atoms with van der Waals surface area (Å²) in [7, 11) is 1.51. The molecule has 22 heavy (non-hydrogen) atoms. The topological polar surface area (TPSA) is 82.8 Å². The summed E-state index contributed by atoms with van der Waals surface area (Å²) in [6, 6.07) is 6.78. The molecule has 0 radical (unpaired) electrons. The van der Waals surface area contributed by atoms with Gasteiger partial charge in [-0.3, -0.25) is 4.79 Å². The fraction of sp³-hybridized carbons (Fsp3) is 0.533. The number of hydrogen-bond donors (Lipinski definition) is 2. The summed E-state index contributed by atoms with van der Waals surface area (Å²) in [4.78, 5) is 11.8. The molecule has 0 heterocycles. The van der Waals surface area contributed by atoms with E-state index in [0.29, 0.717) is 32.1 Å². The van der Waals surface area contributed by atoms with E-state index in [1.165, 1.54) is 7.11 Å². The van der Waals surface area contributed by atoms with Crippen LogP contribution < -0.4 is 11.1 Å². The first-order valence-electron chi connectivity index (χ1n) is 6.97. The summed E-state index contributed by atoms with van der Waals surface area (Å²) in [6.07, 6.45) is 0. The van der Waals surface area contributed by atoms with Gasteiger partial charge in [-0.05, 0) is 24.6 Å². The largest absolute Gasteiger partial charge is 0.383 e. The highest BCUT2D eigenvalue weighted by Gasteiger charge is 2.13. The molecule has 0 aliphatic rings. The smallest absolute Gasteiger partial charge is 0.243 e. The van der Waals surface area contributed by atoms with Gasteiger partial charge in [-0.15, -0.1) is 12.4 Å². The number of anilines is 1. The Hall–Kier alpha value is -1.18. The number of ether oxygens (including phenoxy) is 3. The summed E-state index contributed by atoms with van der Waals surface area (Å²) in [5.41, 5.74) is 7.33. The van der Waals surface area contributed by atoms with Gasteiger partial charge in [-0.2, -0.15) is 0 Å². The third-order valence-electron chi connectivity index (χ3n) is 2.72. The molecule has 1 aromatic carbocycles. The second-order valence-electron chi connectivity index (χ2n) is 4.50. The molecule has 0 spiro atoms. The summed E-state index contributed by atoms with van der Waals surface area (Å²) in [5, 5.41) is 2.75. The van der Waals surface area contributed by atoms with Gasteiger partial charge in [0.25, 0.3) is 0 Å². The Morgan fingerprint density at radius 3 is 2.73 bits per heavy atom. The molecule has 6 nitrogen and oxygen atoms in total. The maximum Gasteiger partial charge on any atom is 0.243 e. The predicted octanol–water partition coefficient (Wildman–Crippen LogP) is 1.57. The Morgan fingerprint density at radius 1 is 1.32 bits per heavy atom. The van der Waals surface area contributed by atoms with Crippen molar-refractivity contribution in [3.8, 4) is 0 Å². The van der Waals surface area contributed by atoms with E-state index in [1.54, 1.807) is 6.07 Å². The third kappa shape index (κ3) is 8.31. The van der Waals surface area contributed by atoms with Crippen LogP contribution in [0.15, 0.2) is 24.3 Å². The molecule has 0 aliphatic heterocycles. The van der Waals surface area contributed by atoms with Crippen LogP contribution in [-0.2, 0) is 25.6 Å². The standard InChI is InChI=1S/C15H24N2O4.ClH/c1-3-20-7-8-21-10-12-5-4-6-13(9-12)17-15(18)14(16)11-19-2;/h4-6,9,14H,3,7-8,10-11,16H2,1-2H3,(H,17,18);1H. The van der Waals surface area contributed by atoms with Crippen molar-refractivity contribution in [2.24, 2.45) is 5.73 Å². The van der Waals surface area contributed by atoms with E-state index < -0.39 is 6.04 Å². The first-order chi connectivity index (χ1) is 10.2. The molecule has 1 aromatic rings. The molecule has 1 unspecified atom stereocenters. The maximum atomic E-state index is 11.8. The van der Waals surface area contributed by atoms with Gasteiger partial charge in [0.15, 0.2) is 0 Å². The second-order valence-corrected chi connectivity index (χ2v) is 4.50. The number of rotatable bonds is 10. The quantitative estimate of drug-likeness (QED) is 0.635. The predicted molar refractivity (Wildman–Crippen MR) is 88.3 cm³/mol. The van der Waals surface area contributed by atoms with E-state index in [2.05, 4.69) is 5.32 Å². The summed E-state index contributed by atoms with van der Waals surface area (Å²) in [5.74, 6) is -0.272. The monoisotopic (exact) mass is 332 g/mol. The van der Waals surface area contributed by atoms with E-state index in [-0.39, 0.29) is 24.9 Å². The average Bonchev–Trinajstić information content (AvgIpc) is 2.47. The van der Waals surface area contributed by atoms with E-state index in [9.17, 15) is 4.79 Å². The zero-order valence-electron chi connectivity index (χ0n) is 13.0. The second kappa shape index (κ2) is 12.4. The highest BCUT2D eigenvalue weighted by atomic mass is 35.5. The zero-order valence-corrected chi connectivity index (χ0v) is 13.9. The number of hydrogen-bond acceptors (Lipinski definition) is 5. The minimum absolute atomic E-state index is 0. The lowest BCUT2D eigenvalue weighted by atomic mass is 10.2. The van der Waals surface area contributed by atoms with Crippen molar-refractivity contribution in [2.75, 3.05) is 38.9 Å². The highest BCUT2D eigenvalue weighted by Crippen LogP contribution is 2.12. The lowest BCUT2D eigenvalue weighted by Crippen LogP contribution is -2.39. The van der Waals surface area contributed by atoms with E-state index in [4.69, 9.17) is 19.9 Å². The highest BCUT2D eigenvalue weighted by molar-refractivity contribution is 5.94. The molecule has 0 saturated carbocycles. The molecule has 1 amide bonds. The first kappa shape index (κ1) is 20.8. The van der Waals surface area contributed by atoms with Gasteiger partial charge in [-0.1, -0.05) is 12.1 Å². The number of methoxy groups -OCH3 is 1. The summed E-state index contributed by atoms with van der Waals surface area (Å²) < 4.78 is 15.5. The van der Waals surface area contributed by atoms with Crippen LogP contribution in [0.25, 0.3) is 0 Å². The van der Waals surface area contributed by atoms with E-state index in [0.717, 1.165) is 5.56 Å². The normalized spacial score (nSPS) is 11.6. The lowest BCUT2D eigenvalue weighted by Gasteiger charge is -2.12. The molecular formula is C15H25ClN2O4. The van der Waals surface area contributed by atoms with Gasteiger partial charge < -0.3 is 25.3 Å². The van der Waals surface area contributed by atoms with Crippen molar-refractivity contribution >= 4 is 24.0 Å².